The first-order valence-corrected chi connectivity index (χ1v) is 5.38. The van der Waals surface area contributed by atoms with Crippen molar-refractivity contribution < 1.29 is 0 Å². The zero-order chi connectivity index (χ0) is 11.6. The number of pyridine rings is 1. The molecule has 0 spiro atoms. The zero-order valence-corrected chi connectivity index (χ0v) is 10.1. The first kappa shape index (κ1) is 11.7. The molecule has 0 amide bonds. The highest BCUT2D eigenvalue weighted by molar-refractivity contribution is 5.40. The summed E-state index contributed by atoms with van der Waals surface area (Å²) >= 11 is 0. The van der Waals surface area contributed by atoms with Crippen molar-refractivity contribution in [2.45, 2.75) is 46.5 Å². The molecule has 0 aromatic carbocycles. The van der Waals surface area contributed by atoms with Gasteiger partial charge in [-0.05, 0) is 30.4 Å². The summed E-state index contributed by atoms with van der Waals surface area (Å²) in [5, 5.41) is 9.03. The number of nitriles is 1. The van der Waals surface area contributed by atoms with E-state index in [1.807, 2.05) is 13.0 Å². The van der Waals surface area contributed by atoms with Crippen molar-refractivity contribution in [3.63, 3.8) is 0 Å². The molecule has 0 saturated carbocycles. The van der Waals surface area contributed by atoms with Crippen LogP contribution in [0, 0.1) is 18.3 Å². The van der Waals surface area contributed by atoms with Crippen LogP contribution >= 0.6 is 0 Å². The van der Waals surface area contributed by atoms with Crippen LogP contribution in [-0.2, 0) is 0 Å². The Balaban J connectivity index is 3.39. The maximum absolute atomic E-state index is 9.03. The molecule has 1 heterocycles. The Labute approximate surface area is 92.0 Å². The largest absolute Gasteiger partial charge is 0.256 e. The highest BCUT2D eigenvalue weighted by Crippen LogP contribution is 2.23. The van der Waals surface area contributed by atoms with E-state index in [4.69, 9.17) is 5.26 Å². The lowest BCUT2D eigenvalue weighted by Crippen LogP contribution is -2.05. The summed E-state index contributed by atoms with van der Waals surface area (Å²) in [6.45, 7) is 10.4. The SMILES string of the molecule is Cc1cc(C#N)c(C(C)C)nc1C(C)C. The highest BCUT2D eigenvalue weighted by Gasteiger charge is 2.13. The summed E-state index contributed by atoms with van der Waals surface area (Å²) in [6.07, 6.45) is 0. The molecule has 0 radical (unpaired) electrons. The number of hydrogen-bond acceptors (Lipinski definition) is 2. The molecule has 0 N–H and O–H groups in total. The third kappa shape index (κ3) is 2.36. The predicted octanol–water partition coefficient (Wildman–Crippen LogP) is 3.51. The van der Waals surface area contributed by atoms with E-state index in [0.29, 0.717) is 17.4 Å². The minimum atomic E-state index is 0.303. The van der Waals surface area contributed by atoms with Crippen molar-refractivity contribution in [2.75, 3.05) is 0 Å². The summed E-state index contributed by atoms with van der Waals surface area (Å²) in [7, 11) is 0. The topological polar surface area (TPSA) is 36.7 Å². The van der Waals surface area contributed by atoms with E-state index in [-0.39, 0.29) is 0 Å². The van der Waals surface area contributed by atoms with E-state index in [2.05, 4.69) is 38.7 Å². The number of hydrogen-bond donors (Lipinski definition) is 0. The third-order valence-corrected chi connectivity index (χ3v) is 2.50. The van der Waals surface area contributed by atoms with Gasteiger partial charge in [0.25, 0.3) is 0 Å². The van der Waals surface area contributed by atoms with Crippen LogP contribution in [0.25, 0.3) is 0 Å². The third-order valence-electron chi connectivity index (χ3n) is 2.50. The van der Waals surface area contributed by atoms with Gasteiger partial charge in [-0.2, -0.15) is 5.26 Å². The number of aromatic nitrogens is 1. The van der Waals surface area contributed by atoms with E-state index in [9.17, 15) is 0 Å². The van der Waals surface area contributed by atoms with Crippen LogP contribution in [0.1, 0.15) is 62.0 Å². The lowest BCUT2D eigenvalue weighted by Gasteiger charge is -2.14. The molecule has 2 heteroatoms. The Hall–Kier alpha value is -1.36. The second-order valence-corrected chi connectivity index (χ2v) is 4.54. The molecule has 2 nitrogen and oxygen atoms in total. The molecule has 0 aliphatic carbocycles. The van der Waals surface area contributed by atoms with E-state index >= 15 is 0 Å². The summed E-state index contributed by atoms with van der Waals surface area (Å²) in [6, 6.07) is 4.18. The van der Waals surface area contributed by atoms with Gasteiger partial charge in [-0.1, -0.05) is 27.7 Å². The fourth-order valence-corrected chi connectivity index (χ4v) is 1.76. The molecule has 80 valence electrons. The second-order valence-electron chi connectivity index (χ2n) is 4.54. The van der Waals surface area contributed by atoms with Crippen molar-refractivity contribution in [1.82, 2.24) is 4.98 Å². The first-order valence-electron chi connectivity index (χ1n) is 5.38. The second kappa shape index (κ2) is 4.44. The van der Waals surface area contributed by atoms with E-state index in [1.54, 1.807) is 0 Å². The van der Waals surface area contributed by atoms with Crippen molar-refractivity contribution in [2.24, 2.45) is 0 Å². The number of rotatable bonds is 2. The maximum Gasteiger partial charge on any atom is 0.101 e. The van der Waals surface area contributed by atoms with Crippen LogP contribution in [0.2, 0.25) is 0 Å². The van der Waals surface area contributed by atoms with Crippen LogP contribution in [0.4, 0.5) is 0 Å². The number of aryl methyl sites for hydroxylation is 1. The Morgan fingerprint density at radius 3 is 2.07 bits per heavy atom. The van der Waals surface area contributed by atoms with Gasteiger partial charge in [-0.3, -0.25) is 4.98 Å². The van der Waals surface area contributed by atoms with Gasteiger partial charge in [-0.15, -0.1) is 0 Å². The Kier molecular flexibility index (Phi) is 3.47. The molecule has 0 bridgehead atoms. The molecular formula is C13H18N2. The molecule has 0 fully saturated rings. The number of nitrogens with zero attached hydrogens (tertiary/aromatic N) is 2. The molecule has 0 saturated heterocycles. The van der Waals surface area contributed by atoms with Gasteiger partial charge in [-0.25, -0.2) is 0 Å². The Morgan fingerprint density at radius 1 is 1.13 bits per heavy atom. The van der Waals surface area contributed by atoms with Gasteiger partial charge in [0.1, 0.15) is 6.07 Å². The fourth-order valence-electron chi connectivity index (χ4n) is 1.76. The Morgan fingerprint density at radius 2 is 1.67 bits per heavy atom. The summed E-state index contributed by atoms with van der Waals surface area (Å²) in [4.78, 5) is 4.62. The molecule has 0 atom stereocenters. The lowest BCUT2D eigenvalue weighted by atomic mass is 9.98. The van der Waals surface area contributed by atoms with Crippen molar-refractivity contribution in [1.29, 1.82) is 5.26 Å². The van der Waals surface area contributed by atoms with Crippen molar-refractivity contribution in [3.8, 4) is 6.07 Å². The smallest absolute Gasteiger partial charge is 0.101 e. The van der Waals surface area contributed by atoms with Crippen LogP contribution < -0.4 is 0 Å². The van der Waals surface area contributed by atoms with Crippen molar-refractivity contribution in [3.05, 3.63) is 28.6 Å². The molecule has 0 unspecified atom stereocenters. The molecule has 1 rings (SSSR count). The van der Waals surface area contributed by atoms with Crippen LogP contribution in [0.5, 0.6) is 0 Å². The first-order chi connectivity index (χ1) is 6.97. The average molecular weight is 202 g/mol. The van der Waals surface area contributed by atoms with Crippen LogP contribution in [0.15, 0.2) is 6.07 Å². The molecule has 0 aliphatic rings. The minimum Gasteiger partial charge on any atom is -0.256 e. The van der Waals surface area contributed by atoms with E-state index in [0.717, 1.165) is 17.0 Å². The molecule has 15 heavy (non-hydrogen) atoms. The van der Waals surface area contributed by atoms with Gasteiger partial charge < -0.3 is 0 Å². The molecule has 0 aliphatic heterocycles. The van der Waals surface area contributed by atoms with Gasteiger partial charge in [0.05, 0.1) is 11.3 Å². The van der Waals surface area contributed by atoms with Crippen LogP contribution in [0.3, 0.4) is 0 Å². The maximum atomic E-state index is 9.03. The van der Waals surface area contributed by atoms with Gasteiger partial charge in [0, 0.05) is 5.69 Å². The zero-order valence-electron chi connectivity index (χ0n) is 10.1. The lowest BCUT2D eigenvalue weighted by molar-refractivity contribution is 0.754. The van der Waals surface area contributed by atoms with E-state index < -0.39 is 0 Å². The van der Waals surface area contributed by atoms with Gasteiger partial charge >= 0.3 is 0 Å². The van der Waals surface area contributed by atoms with Crippen molar-refractivity contribution >= 4 is 0 Å². The predicted molar refractivity (Wildman–Crippen MR) is 61.9 cm³/mol. The van der Waals surface area contributed by atoms with Gasteiger partial charge in [0.2, 0.25) is 0 Å². The average Bonchev–Trinajstić information content (AvgIpc) is 2.16. The minimum absolute atomic E-state index is 0.303. The quantitative estimate of drug-likeness (QED) is 0.735. The fraction of sp³-hybridized carbons (Fsp3) is 0.538. The monoisotopic (exact) mass is 202 g/mol. The normalized spacial score (nSPS) is 10.8. The molecule has 1 aromatic heterocycles. The Bertz CT molecular complexity index is 398. The summed E-state index contributed by atoms with van der Waals surface area (Å²) < 4.78 is 0. The van der Waals surface area contributed by atoms with Gasteiger partial charge in [0.15, 0.2) is 0 Å². The standard InChI is InChI=1S/C13H18N2/c1-8(2)12-10(5)6-11(7-14)13(15-12)9(3)4/h6,8-9H,1-5H3. The summed E-state index contributed by atoms with van der Waals surface area (Å²) in [5.74, 6) is 0.716. The van der Waals surface area contributed by atoms with Crippen LogP contribution in [-0.4, -0.2) is 4.98 Å². The molecule has 1 aromatic rings. The molecular weight excluding hydrogens is 184 g/mol. The van der Waals surface area contributed by atoms with E-state index in [1.165, 1.54) is 0 Å². The highest BCUT2D eigenvalue weighted by atomic mass is 14.7. The summed E-state index contributed by atoms with van der Waals surface area (Å²) in [5.41, 5.74) is 3.86.